The fraction of sp³-hybridized carbons (Fsp3) is 0.353. The summed E-state index contributed by atoms with van der Waals surface area (Å²) >= 11 is 0. The number of rotatable bonds is 7. The number of benzene rings is 1. The van der Waals surface area contributed by atoms with E-state index in [1.807, 2.05) is 19.9 Å². The summed E-state index contributed by atoms with van der Waals surface area (Å²) in [6, 6.07) is 7.14. The fourth-order valence-electron chi connectivity index (χ4n) is 2.29. The molecular formula is C17H21N3O3. The lowest BCUT2D eigenvalue weighted by atomic mass is 10.1. The summed E-state index contributed by atoms with van der Waals surface area (Å²) in [5.74, 6) is 1.19. The Hall–Kier alpha value is -2.63. The van der Waals surface area contributed by atoms with Crippen LogP contribution in [0.15, 0.2) is 30.5 Å². The van der Waals surface area contributed by atoms with Crippen LogP contribution in [0.25, 0.3) is 0 Å². The van der Waals surface area contributed by atoms with Gasteiger partial charge in [0.05, 0.1) is 11.5 Å². The molecule has 0 saturated carbocycles. The average molecular weight is 315 g/mol. The van der Waals surface area contributed by atoms with Crippen molar-refractivity contribution in [1.82, 2.24) is 4.98 Å². The van der Waals surface area contributed by atoms with E-state index in [1.165, 1.54) is 23.4 Å². The lowest BCUT2D eigenvalue weighted by Crippen LogP contribution is -2.10. The second kappa shape index (κ2) is 7.58. The number of nitrogens with one attached hydrogen (secondary N) is 1. The molecule has 6 heteroatoms. The van der Waals surface area contributed by atoms with Gasteiger partial charge in [-0.25, -0.2) is 4.98 Å². The topological polar surface area (TPSA) is 77.3 Å². The maximum Gasteiger partial charge on any atom is 0.311 e. The minimum absolute atomic E-state index is 0.0152. The van der Waals surface area contributed by atoms with Crippen molar-refractivity contribution in [3.8, 4) is 5.75 Å². The molecule has 1 aromatic heterocycles. The summed E-state index contributed by atoms with van der Waals surface area (Å²) < 4.78 is 5.82. The van der Waals surface area contributed by atoms with E-state index in [0.717, 1.165) is 17.7 Å². The number of nitro groups is 1. The smallest absolute Gasteiger partial charge is 0.311 e. The highest BCUT2D eigenvalue weighted by atomic mass is 16.6. The van der Waals surface area contributed by atoms with Crippen LogP contribution < -0.4 is 10.1 Å². The van der Waals surface area contributed by atoms with E-state index in [0.29, 0.717) is 19.0 Å². The Bertz CT molecular complexity index is 701. The number of ether oxygens (including phenoxy) is 1. The Morgan fingerprint density at radius 3 is 2.83 bits per heavy atom. The van der Waals surface area contributed by atoms with Crippen molar-refractivity contribution in [2.75, 3.05) is 18.5 Å². The quantitative estimate of drug-likeness (QED) is 0.478. The number of hydrogen-bond acceptors (Lipinski definition) is 5. The van der Waals surface area contributed by atoms with Gasteiger partial charge in [0.2, 0.25) is 5.82 Å². The van der Waals surface area contributed by atoms with Crippen LogP contribution in [0.1, 0.15) is 23.1 Å². The first-order chi connectivity index (χ1) is 11.0. The van der Waals surface area contributed by atoms with Crippen molar-refractivity contribution in [3.63, 3.8) is 0 Å². The predicted molar refractivity (Wildman–Crippen MR) is 90.1 cm³/mol. The first-order valence-corrected chi connectivity index (χ1v) is 7.53. The molecule has 122 valence electrons. The van der Waals surface area contributed by atoms with Crippen LogP contribution in [0.5, 0.6) is 5.75 Å². The second-order valence-electron chi connectivity index (χ2n) is 5.46. The molecule has 23 heavy (non-hydrogen) atoms. The van der Waals surface area contributed by atoms with Gasteiger partial charge in [0.1, 0.15) is 5.75 Å². The molecule has 2 aromatic rings. The molecule has 0 radical (unpaired) electrons. The molecule has 0 aliphatic carbocycles. The van der Waals surface area contributed by atoms with Gasteiger partial charge in [-0.15, -0.1) is 0 Å². The van der Waals surface area contributed by atoms with E-state index in [-0.39, 0.29) is 5.69 Å². The molecule has 1 N–H and O–H groups in total. The molecule has 1 heterocycles. The van der Waals surface area contributed by atoms with Crippen molar-refractivity contribution < 1.29 is 9.66 Å². The minimum Gasteiger partial charge on any atom is -0.493 e. The molecule has 1 aromatic carbocycles. The third kappa shape index (κ3) is 4.42. The van der Waals surface area contributed by atoms with Crippen molar-refractivity contribution >= 4 is 11.5 Å². The van der Waals surface area contributed by atoms with E-state index < -0.39 is 4.92 Å². The van der Waals surface area contributed by atoms with E-state index >= 15 is 0 Å². The SMILES string of the molecule is Cc1cc(C)c(C)c(OCCCNc2ncccc2[N+](=O)[O-])c1. The largest absolute Gasteiger partial charge is 0.493 e. The van der Waals surface area contributed by atoms with Gasteiger partial charge in [0.25, 0.3) is 0 Å². The van der Waals surface area contributed by atoms with Crippen LogP contribution in [0.3, 0.4) is 0 Å². The molecule has 0 spiro atoms. The van der Waals surface area contributed by atoms with Crippen LogP contribution in [0, 0.1) is 30.9 Å². The normalized spacial score (nSPS) is 10.4. The number of aromatic nitrogens is 1. The first-order valence-electron chi connectivity index (χ1n) is 7.53. The third-order valence-electron chi connectivity index (χ3n) is 3.62. The molecule has 0 amide bonds. The van der Waals surface area contributed by atoms with Gasteiger partial charge in [-0.05, 0) is 56.0 Å². The van der Waals surface area contributed by atoms with Gasteiger partial charge in [-0.2, -0.15) is 0 Å². The number of aryl methyl sites for hydroxylation is 2. The van der Waals surface area contributed by atoms with Crippen molar-refractivity contribution in [2.24, 2.45) is 0 Å². The summed E-state index contributed by atoms with van der Waals surface area (Å²) in [5.41, 5.74) is 3.51. The Labute approximate surface area is 135 Å². The third-order valence-corrected chi connectivity index (χ3v) is 3.62. The van der Waals surface area contributed by atoms with Crippen LogP contribution in [0.4, 0.5) is 11.5 Å². The number of nitrogens with zero attached hydrogens (tertiary/aromatic N) is 2. The summed E-state index contributed by atoms with van der Waals surface area (Å²) in [7, 11) is 0. The van der Waals surface area contributed by atoms with E-state index in [9.17, 15) is 10.1 Å². The van der Waals surface area contributed by atoms with E-state index in [4.69, 9.17) is 4.74 Å². The highest BCUT2D eigenvalue weighted by molar-refractivity contribution is 5.54. The monoisotopic (exact) mass is 315 g/mol. The molecule has 6 nitrogen and oxygen atoms in total. The molecule has 0 aliphatic heterocycles. The minimum atomic E-state index is -0.440. The number of pyridine rings is 1. The highest BCUT2D eigenvalue weighted by Gasteiger charge is 2.13. The number of hydrogen-bond donors (Lipinski definition) is 1. The summed E-state index contributed by atoms with van der Waals surface area (Å²) in [6.45, 7) is 7.25. The van der Waals surface area contributed by atoms with Crippen LogP contribution >= 0.6 is 0 Å². The lowest BCUT2D eigenvalue weighted by Gasteiger charge is -2.12. The zero-order chi connectivity index (χ0) is 16.8. The van der Waals surface area contributed by atoms with Crippen molar-refractivity contribution in [1.29, 1.82) is 0 Å². The predicted octanol–water partition coefficient (Wildman–Crippen LogP) is 3.80. The van der Waals surface area contributed by atoms with Crippen molar-refractivity contribution in [2.45, 2.75) is 27.2 Å². The van der Waals surface area contributed by atoms with Crippen molar-refractivity contribution in [3.05, 3.63) is 57.3 Å². The van der Waals surface area contributed by atoms with Crippen LogP contribution in [-0.2, 0) is 0 Å². The molecule has 0 atom stereocenters. The Morgan fingerprint density at radius 2 is 2.09 bits per heavy atom. The Morgan fingerprint density at radius 1 is 1.30 bits per heavy atom. The van der Waals surface area contributed by atoms with Gasteiger partial charge in [-0.1, -0.05) is 6.07 Å². The second-order valence-corrected chi connectivity index (χ2v) is 5.46. The molecule has 0 aliphatic rings. The van der Waals surface area contributed by atoms with Gasteiger partial charge in [0.15, 0.2) is 0 Å². The van der Waals surface area contributed by atoms with Gasteiger partial charge >= 0.3 is 5.69 Å². The highest BCUT2D eigenvalue weighted by Crippen LogP contribution is 2.23. The molecule has 2 rings (SSSR count). The zero-order valence-electron chi connectivity index (χ0n) is 13.6. The van der Waals surface area contributed by atoms with Gasteiger partial charge in [0, 0.05) is 18.8 Å². The first kappa shape index (κ1) is 16.7. The van der Waals surface area contributed by atoms with Crippen LogP contribution in [0.2, 0.25) is 0 Å². The van der Waals surface area contributed by atoms with Crippen LogP contribution in [-0.4, -0.2) is 23.1 Å². The summed E-state index contributed by atoms with van der Waals surface area (Å²) in [6.07, 6.45) is 2.25. The lowest BCUT2D eigenvalue weighted by molar-refractivity contribution is -0.384. The summed E-state index contributed by atoms with van der Waals surface area (Å²) in [4.78, 5) is 14.5. The van der Waals surface area contributed by atoms with Gasteiger partial charge < -0.3 is 10.1 Å². The summed E-state index contributed by atoms with van der Waals surface area (Å²) in [5, 5.41) is 13.9. The molecule has 0 bridgehead atoms. The molecule has 0 unspecified atom stereocenters. The maximum atomic E-state index is 10.9. The standard InChI is InChI=1S/C17H21N3O3/c1-12-10-13(2)14(3)16(11-12)23-9-5-8-19-17-15(20(21)22)6-4-7-18-17/h4,6-7,10-11H,5,8-9H2,1-3H3,(H,18,19). The van der Waals surface area contributed by atoms with Gasteiger partial charge in [-0.3, -0.25) is 10.1 Å². The van der Waals surface area contributed by atoms with E-state index in [1.54, 1.807) is 6.07 Å². The Balaban J connectivity index is 1.84. The fourth-order valence-corrected chi connectivity index (χ4v) is 2.29. The average Bonchev–Trinajstić information content (AvgIpc) is 2.51. The molecular weight excluding hydrogens is 294 g/mol. The molecule has 0 fully saturated rings. The zero-order valence-corrected chi connectivity index (χ0v) is 13.6. The maximum absolute atomic E-state index is 10.9. The molecule has 0 saturated heterocycles. The Kier molecular flexibility index (Phi) is 5.51. The van der Waals surface area contributed by atoms with E-state index in [2.05, 4.69) is 23.3 Å². The number of anilines is 1.